The molecule has 0 fully saturated rings. The van der Waals surface area contributed by atoms with Gasteiger partial charge in [0.25, 0.3) is 6.71 Å². The van der Waals surface area contributed by atoms with Crippen molar-refractivity contribution >= 4 is 99.8 Å². The van der Waals surface area contributed by atoms with Crippen molar-refractivity contribution in [3.63, 3.8) is 0 Å². The molecule has 3 nitrogen and oxygen atoms in total. The van der Waals surface area contributed by atoms with Crippen LogP contribution in [0.3, 0.4) is 0 Å². The molecule has 0 N–H and O–H groups in total. The number of rotatable bonds is 4. The van der Waals surface area contributed by atoms with E-state index in [1.165, 1.54) is 123 Å². The Balaban J connectivity index is 1.19. The molecule has 5 heteroatoms. The van der Waals surface area contributed by atoms with E-state index >= 15 is 0 Å². The van der Waals surface area contributed by atoms with E-state index in [1.54, 1.807) is 0 Å². The van der Waals surface area contributed by atoms with Crippen LogP contribution >= 0.6 is 11.3 Å². The summed E-state index contributed by atoms with van der Waals surface area (Å²) in [6.45, 7) is 33.8. The minimum Gasteiger partial charge on any atom is -0.311 e. The highest BCUT2D eigenvalue weighted by Gasteiger charge is 2.47. The maximum absolute atomic E-state index is 2.73. The fraction of sp³-hybridized carbons (Fsp3) is 0.353. The second-order valence-electron chi connectivity index (χ2n) is 27.2. The Morgan fingerprint density at radius 1 is 0.479 bits per heavy atom. The van der Waals surface area contributed by atoms with Gasteiger partial charge in [-0.3, -0.25) is 0 Å². The van der Waals surface area contributed by atoms with E-state index in [0.29, 0.717) is 0 Å². The third kappa shape index (κ3) is 6.89. The molecule has 0 radical (unpaired) electrons. The number of aromatic nitrogens is 1. The third-order valence-electron chi connectivity index (χ3n) is 18.4. The van der Waals surface area contributed by atoms with Crippen molar-refractivity contribution < 1.29 is 0 Å². The lowest BCUT2D eigenvalue weighted by Crippen LogP contribution is -2.61. The Labute approximate surface area is 439 Å². The first-order valence-electron chi connectivity index (χ1n) is 27.2. The number of anilines is 6. The van der Waals surface area contributed by atoms with Crippen molar-refractivity contribution in [2.75, 3.05) is 9.80 Å². The smallest absolute Gasteiger partial charge is 0.252 e. The van der Waals surface area contributed by atoms with E-state index in [-0.39, 0.29) is 39.2 Å². The van der Waals surface area contributed by atoms with Crippen LogP contribution < -0.4 is 26.2 Å². The average molecular weight is 974 g/mol. The summed E-state index contributed by atoms with van der Waals surface area (Å²) >= 11 is 1.94. The van der Waals surface area contributed by atoms with E-state index in [9.17, 15) is 0 Å². The first-order valence-corrected chi connectivity index (χ1v) is 28.0. The lowest BCUT2D eigenvalue weighted by atomic mass is 9.33. The minimum absolute atomic E-state index is 0.0288. The largest absolute Gasteiger partial charge is 0.311 e. The monoisotopic (exact) mass is 974 g/mol. The summed E-state index contributed by atoms with van der Waals surface area (Å²) in [5, 5.41) is 4.05. The number of benzene rings is 7. The van der Waals surface area contributed by atoms with Gasteiger partial charge in [0.1, 0.15) is 4.83 Å². The molecule has 0 atom stereocenters. The highest BCUT2D eigenvalue weighted by molar-refractivity contribution is 7.26. The summed E-state index contributed by atoms with van der Waals surface area (Å²) in [4.78, 5) is 6.59. The molecule has 0 unspecified atom stereocenters. The normalized spacial score (nSPS) is 17.9. The van der Waals surface area contributed by atoms with E-state index < -0.39 is 0 Å². The van der Waals surface area contributed by atoms with Gasteiger partial charge in [0, 0.05) is 55.0 Å². The van der Waals surface area contributed by atoms with Crippen LogP contribution in [0.15, 0.2) is 133 Å². The Bertz CT molecular complexity index is 3710. The molecule has 368 valence electrons. The summed E-state index contributed by atoms with van der Waals surface area (Å²) < 4.78 is 4.03. The van der Waals surface area contributed by atoms with Gasteiger partial charge in [0.05, 0.1) is 11.2 Å². The number of hydrogen-bond donors (Lipinski definition) is 0. The molecule has 2 aliphatic heterocycles. The maximum Gasteiger partial charge on any atom is 0.252 e. The zero-order chi connectivity index (χ0) is 51.1. The molecule has 0 amide bonds. The molecule has 0 saturated carbocycles. The predicted octanol–water partition coefficient (Wildman–Crippen LogP) is 17.4. The van der Waals surface area contributed by atoms with Gasteiger partial charge in [0.2, 0.25) is 0 Å². The third-order valence-corrected chi connectivity index (χ3v) is 19.6. The standard InChI is InChI=1S/C68H72BN3S/c1-63(2,3)41-22-26-43(27-23-41)70(44-28-24-42(25-29-44)64(4,5)6)46-37-56-60-57(38-46)72-61-48(59-47-18-15-16-21-58(47)73-62(59)72)19-17-20-53(61)69(60)54-39-51-52(68(13,14)35-34-67(51,11)12)40-55(54)71(56)45-30-31-49-50(36-45)66(9,10)33-32-65(49,7)8/h15-31,36-40H,32-35H2,1-14H3. The van der Waals surface area contributed by atoms with Crippen LogP contribution in [0.4, 0.5) is 34.1 Å². The molecule has 2 aliphatic carbocycles. The fourth-order valence-corrected chi connectivity index (χ4v) is 15.0. The predicted molar refractivity (Wildman–Crippen MR) is 318 cm³/mol. The molecule has 7 aromatic carbocycles. The molecule has 4 heterocycles. The molecular weight excluding hydrogens is 902 g/mol. The van der Waals surface area contributed by atoms with Gasteiger partial charge < -0.3 is 14.4 Å². The maximum atomic E-state index is 2.73. The van der Waals surface area contributed by atoms with Crippen LogP contribution in [-0.4, -0.2) is 11.3 Å². The molecule has 0 saturated heterocycles. The molecule has 73 heavy (non-hydrogen) atoms. The highest BCUT2D eigenvalue weighted by Crippen LogP contribution is 2.54. The summed E-state index contributed by atoms with van der Waals surface area (Å²) in [5.41, 5.74) is 23.1. The van der Waals surface area contributed by atoms with Gasteiger partial charge in [-0.15, -0.1) is 11.3 Å². The summed E-state index contributed by atoms with van der Waals surface area (Å²) in [5.74, 6) is 0. The van der Waals surface area contributed by atoms with Crippen LogP contribution in [0.5, 0.6) is 0 Å². The lowest BCUT2D eigenvalue weighted by Gasteiger charge is -2.47. The van der Waals surface area contributed by atoms with Crippen LogP contribution in [0, 0.1) is 0 Å². The Kier molecular flexibility index (Phi) is 9.78. The van der Waals surface area contributed by atoms with Crippen molar-refractivity contribution in [2.24, 2.45) is 0 Å². The first-order chi connectivity index (χ1) is 34.4. The van der Waals surface area contributed by atoms with Crippen molar-refractivity contribution in [2.45, 2.75) is 155 Å². The summed E-state index contributed by atoms with van der Waals surface area (Å²) in [6.07, 6.45) is 4.69. The topological polar surface area (TPSA) is 11.4 Å². The number of thiophene rings is 1. The van der Waals surface area contributed by atoms with E-state index in [0.717, 1.165) is 23.5 Å². The Morgan fingerprint density at radius 2 is 1.01 bits per heavy atom. The summed E-state index contributed by atoms with van der Waals surface area (Å²) in [7, 11) is 0. The lowest BCUT2D eigenvalue weighted by molar-refractivity contribution is 0.332. The zero-order valence-electron chi connectivity index (χ0n) is 45.9. The summed E-state index contributed by atoms with van der Waals surface area (Å²) in [6, 6.07) is 53.2. The van der Waals surface area contributed by atoms with Gasteiger partial charge in [-0.1, -0.05) is 170 Å². The number of fused-ring (bicyclic) bond motifs is 11. The Hall–Kier alpha value is -6.04. The van der Waals surface area contributed by atoms with Crippen LogP contribution in [0.1, 0.15) is 156 Å². The molecule has 9 aromatic rings. The average Bonchev–Trinajstić information content (AvgIpc) is 3.90. The first kappa shape index (κ1) is 46.7. The van der Waals surface area contributed by atoms with Gasteiger partial charge in [-0.2, -0.15) is 0 Å². The molecule has 0 spiro atoms. The second kappa shape index (κ2) is 15.3. The fourth-order valence-electron chi connectivity index (χ4n) is 13.7. The van der Waals surface area contributed by atoms with Crippen molar-refractivity contribution in [1.29, 1.82) is 0 Å². The highest BCUT2D eigenvalue weighted by atomic mass is 32.1. The number of nitrogens with zero attached hydrogens (tertiary/aromatic N) is 3. The SMILES string of the molecule is CC(C)(C)c1ccc(N(c2ccc(C(C)(C)C)cc2)c2cc3c4c(c2)-n2c5sc6ccccc6c5c5cccc(c52)B4c2cc4c(cc2N3c2ccc3c(c2)C(C)(C)CCC3(C)C)C(C)(C)CCC4(C)C)cc1. The van der Waals surface area contributed by atoms with Gasteiger partial charge >= 0.3 is 0 Å². The van der Waals surface area contributed by atoms with Gasteiger partial charge in [0.15, 0.2) is 0 Å². The van der Waals surface area contributed by atoms with E-state index in [1.807, 2.05) is 11.3 Å². The minimum atomic E-state index is 0.0288. The molecule has 13 rings (SSSR count). The number of hydrogen-bond acceptors (Lipinski definition) is 3. The molecule has 4 aliphatic rings. The van der Waals surface area contributed by atoms with Crippen LogP contribution in [0.2, 0.25) is 0 Å². The van der Waals surface area contributed by atoms with Crippen molar-refractivity contribution in [1.82, 2.24) is 4.57 Å². The number of para-hydroxylation sites is 1. The van der Waals surface area contributed by atoms with Crippen LogP contribution in [0.25, 0.3) is 36.9 Å². The second-order valence-corrected chi connectivity index (χ2v) is 28.2. The van der Waals surface area contributed by atoms with Crippen molar-refractivity contribution in [3.8, 4) is 5.69 Å². The molecule has 0 bridgehead atoms. The quantitative estimate of drug-likeness (QED) is 0.163. The van der Waals surface area contributed by atoms with Crippen molar-refractivity contribution in [3.05, 3.63) is 167 Å². The van der Waals surface area contributed by atoms with Gasteiger partial charge in [-0.25, -0.2) is 0 Å². The molecule has 2 aromatic heterocycles. The van der Waals surface area contributed by atoms with Gasteiger partial charge in [-0.05, 0) is 169 Å². The van der Waals surface area contributed by atoms with Crippen LogP contribution in [-0.2, 0) is 32.5 Å². The zero-order valence-corrected chi connectivity index (χ0v) is 46.7. The van der Waals surface area contributed by atoms with E-state index in [2.05, 4.69) is 245 Å². The van der Waals surface area contributed by atoms with E-state index in [4.69, 9.17) is 0 Å². The molecular formula is C68H72BN3S. The Morgan fingerprint density at radius 3 is 1.62 bits per heavy atom.